The summed E-state index contributed by atoms with van der Waals surface area (Å²) in [5.41, 5.74) is 5.50. The molecule has 3 N–H and O–H groups in total. The highest BCUT2D eigenvalue weighted by molar-refractivity contribution is 5.86. The van der Waals surface area contributed by atoms with Gasteiger partial charge in [-0.3, -0.25) is 9.59 Å². The van der Waals surface area contributed by atoms with Crippen molar-refractivity contribution >= 4 is 18.0 Å². The monoisotopic (exact) mass is 530 g/mol. The van der Waals surface area contributed by atoms with Crippen molar-refractivity contribution in [3.8, 4) is 11.1 Å². The minimum Gasteiger partial charge on any atom is -0.481 e. The van der Waals surface area contributed by atoms with E-state index in [-0.39, 0.29) is 25.4 Å². The Morgan fingerprint density at radius 2 is 1.49 bits per heavy atom. The van der Waals surface area contributed by atoms with Gasteiger partial charge < -0.3 is 25.2 Å². The summed E-state index contributed by atoms with van der Waals surface area (Å²) in [5.74, 6) is -1.59. The maximum Gasteiger partial charge on any atom is 0.407 e. The van der Waals surface area contributed by atoms with Crippen molar-refractivity contribution in [1.82, 2.24) is 10.6 Å². The van der Waals surface area contributed by atoms with Crippen LogP contribution in [0.4, 0.5) is 4.79 Å². The lowest BCUT2D eigenvalue weighted by atomic mass is 9.98. The normalized spacial score (nSPS) is 12.7. The predicted molar refractivity (Wildman–Crippen MR) is 147 cm³/mol. The standard InChI is InChI=1S/C31H34N2O6/c34-29(35)17-16-28(30(36)32-18-8-9-19-38-20-22-10-2-1-3-11-22)33-31(37)39-21-27-25-14-6-4-12-23(25)24-13-5-7-15-26(24)27/h1-7,10-15,27-28H,8-9,16-21H2,(H,32,36)(H,33,37)(H,34,35). The van der Waals surface area contributed by atoms with Gasteiger partial charge in [0.15, 0.2) is 0 Å². The summed E-state index contributed by atoms with van der Waals surface area (Å²) in [6, 6.07) is 24.9. The number of aliphatic carboxylic acids is 1. The van der Waals surface area contributed by atoms with Gasteiger partial charge in [0.1, 0.15) is 12.6 Å². The number of carboxylic acid groups (broad SMARTS) is 1. The molecule has 1 unspecified atom stereocenters. The zero-order valence-corrected chi connectivity index (χ0v) is 21.8. The number of carboxylic acids is 1. The van der Waals surface area contributed by atoms with Crippen LogP contribution >= 0.6 is 0 Å². The molecule has 2 amide bonds. The summed E-state index contributed by atoms with van der Waals surface area (Å²) in [6.45, 7) is 1.60. The van der Waals surface area contributed by atoms with Gasteiger partial charge in [-0.15, -0.1) is 0 Å². The second-order valence-electron chi connectivity index (χ2n) is 9.49. The number of carbonyl (C=O) groups is 3. The van der Waals surface area contributed by atoms with Gasteiger partial charge in [0.2, 0.25) is 5.91 Å². The number of rotatable bonds is 14. The lowest BCUT2D eigenvalue weighted by molar-refractivity contribution is -0.137. The molecule has 3 aromatic carbocycles. The Bertz CT molecular complexity index is 1220. The molecule has 0 aliphatic heterocycles. The molecule has 3 aromatic rings. The first kappa shape index (κ1) is 27.9. The second kappa shape index (κ2) is 14.1. The topological polar surface area (TPSA) is 114 Å². The van der Waals surface area contributed by atoms with Gasteiger partial charge in [0.05, 0.1) is 6.61 Å². The Labute approximate surface area is 228 Å². The number of fused-ring (bicyclic) bond motifs is 3. The SMILES string of the molecule is O=C(O)CCC(NC(=O)OCC1c2ccccc2-c2ccccc21)C(=O)NCCCCOCc1ccccc1. The zero-order valence-electron chi connectivity index (χ0n) is 21.8. The van der Waals surface area contributed by atoms with Crippen LogP contribution in [0.25, 0.3) is 11.1 Å². The Morgan fingerprint density at radius 3 is 2.15 bits per heavy atom. The van der Waals surface area contributed by atoms with Crippen molar-refractivity contribution in [2.75, 3.05) is 19.8 Å². The van der Waals surface area contributed by atoms with Gasteiger partial charge >= 0.3 is 12.1 Å². The van der Waals surface area contributed by atoms with Gasteiger partial charge in [-0.1, -0.05) is 78.9 Å². The van der Waals surface area contributed by atoms with E-state index in [0.717, 1.165) is 34.2 Å². The number of amides is 2. The van der Waals surface area contributed by atoms with E-state index < -0.39 is 24.0 Å². The largest absolute Gasteiger partial charge is 0.481 e. The summed E-state index contributed by atoms with van der Waals surface area (Å²) in [5, 5.41) is 14.4. The molecule has 0 saturated carbocycles. The lowest BCUT2D eigenvalue weighted by Gasteiger charge is -2.19. The second-order valence-corrected chi connectivity index (χ2v) is 9.49. The van der Waals surface area contributed by atoms with Gasteiger partial charge in [-0.05, 0) is 47.1 Å². The van der Waals surface area contributed by atoms with E-state index >= 15 is 0 Å². The molecule has 1 aliphatic rings. The molecule has 8 heteroatoms. The van der Waals surface area contributed by atoms with Crippen LogP contribution in [0.2, 0.25) is 0 Å². The first-order valence-corrected chi connectivity index (χ1v) is 13.3. The van der Waals surface area contributed by atoms with Crippen LogP contribution in [0.3, 0.4) is 0 Å². The highest BCUT2D eigenvalue weighted by Crippen LogP contribution is 2.44. The first-order valence-electron chi connectivity index (χ1n) is 13.3. The van der Waals surface area contributed by atoms with Crippen molar-refractivity contribution in [3.05, 3.63) is 95.6 Å². The molecule has 0 bridgehead atoms. The van der Waals surface area contributed by atoms with Crippen molar-refractivity contribution in [3.63, 3.8) is 0 Å². The summed E-state index contributed by atoms with van der Waals surface area (Å²) in [7, 11) is 0. The van der Waals surface area contributed by atoms with Crippen LogP contribution in [-0.4, -0.2) is 48.9 Å². The number of ether oxygens (including phenoxy) is 2. The smallest absolute Gasteiger partial charge is 0.407 e. The fraction of sp³-hybridized carbons (Fsp3) is 0.323. The average molecular weight is 531 g/mol. The molecule has 0 aromatic heterocycles. The third kappa shape index (κ3) is 7.91. The summed E-state index contributed by atoms with van der Waals surface area (Å²) >= 11 is 0. The van der Waals surface area contributed by atoms with Crippen LogP contribution in [-0.2, 0) is 25.7 Å². The minimum absolute atomic E-state index is 0.0362. The van der Waals surface area contributed by atoms with E-state index in [1.165, 1.54) is 0 Å². The zero-order chi connectivity index (χ0) is 27.5. The van der Waals surface area contributed by atoms with E-state index in [1.807, 2.05) is 66.7 Å². The van der Waals surface area contributed by atoms with Gasteiger partial charge in [0, 0.05) is 25.5 Å². The number of nitrogens with one attached hydrogen (secondary N) is 2. The summed E-state index contributed by atoms with van der Waals surface area (Å²) in [6.07, 6.45) is 0.404. The number of carbonyl (C=O) groups excluding carboxylic acids is 2. The molecule has 0 fully saturated rings. The van der Waals surface area contributed by atoms with Gasteiger partial charge in [-0.2, -0.15) is 0 Å². The van der Waals surface area contributed by atoms with Crippen LogP contribution in [0.1, 0.15) is 48.3 Å². The summed E-state index contributed by atoms with van der Waals surface area (Å²) < 4.78 is 11.2. The molecule has 4 rings (SSSR count). The Morgan fingerprint density at radius 1 is 0.846 bits per heavy atom. The quantitative estimate of drug-likeness (QED) is 0.256. The van der Waals surface area contributed by atoms with Crippen LogP contribution < -0.4 is 10.6 Å². The lowest BCUT2D eigenvalue weighted by Crippen LogP contribution is -2.47. The van der Waals surface area contributed by atoms with Crippen molar-refractivity contribution in [2.45, 2.75) is 44.2 Å². The van der Waals surface area contributed by atoms with E-state index in [4.69, 9.17) is 14.6 Å². The minimum atomic E-state index is -1.04. The molecule has 0 radical (unpaired) electrons. The van der Waals surface area contributed by atoms with E-state index in [9.17, 15) is 14.4 Å². The molecule has 0 spiro atoms. The van der Waals surface area contributed by atoms with Crippen LogP contribution in [0.15, 0.2) is 78.9 Å². The molecule has 1 aliphatic carbocycles. The highest BCUT2D eigenvalue weighted by atomic mass is 16.5. The van der Waals surface area contributed by atoms with E-state index in [1.54, 1.807) is 0 Å². The molecule has 0 heterocycles. The Balaban J connectivity index is 1.23. The molecular formula is C31H34N2O6. The molecule has 204 valence electrons. The molecule has 0 saturated heterocycles. The third-order valence-corrected chi connectivity index (χ3v) is 6.73. The fourth-order valence-electron chi connectivity index (χ4n) is 4.75. The van der Waals surface area contributed by atoms with Gasteiger partial charge in [-0.25, -0.2) is 4.79 Å². The number of hydrogen-bond donors (Lipinski definition) is 3. The van der Waals surface area contributed by atoms with Crippen molar-refractivity contribution < 1.29 is 29.0 Å². The third-order valence-electron chi connectivity index (χ3n) is 6.73. The number of alkyl carbamates (subject to hydrolysis) is 1. The number of benzene rings is 3. The first-order chi connectivity index (χ1) is 19.0. The summed E-state index contributed by atoms with van der Waals surface area (Å²) in [4.78, 5) is 36.5. The maximum atomic E-state index is 12.7. The van der Waals surface area contributed by atoms with Crippen molar-refractivity contribution in [1.29, 1.82) is 0 Å². The Hall–Kier alpha value is -4.17. The molecular weight excluding hydrogens is 496 g/mol. The van der Waals surface area contributed by atoms with E-state index in [2.05, 4.69) is 22.8 Å². The molecule has 1 atom stereocenters. The number of unbranched alkanes of at least 4 members (excludes halogenated alkanes) is 1. The molecule has 8 nitrogen and oxygen atoms in total. The fourth-order valence-corrected chi connectivity index (χ4v) is 4.75. The van der Waals surface area contributed by atoms with Gasteiger partial charge in [0.25, 0.3) is 0 Å². The predicted octanol–water partition coefficient (Wildman–Crippen LogP) is 4.87. The van der Waals surface area contributed by atoms with E-state index in [0.29, 0.717) is 26.2 Å². The number of hydrogen-bond acceptors (Lipinski definition) is 5. The van der Waals surface area contributed by atoms with Crippen LogP contribution in [0, 0.1) is 0 Å². The highest BCUT2D eigenvalue weighted by Gasteiger charge is 2.30. The maximum absolute atomic E-state index is 12.7. The van der Waals surface area contributed by atoms with Crippen molar-refractivity contribution in [2.24, 2.45) is 0 Å². The average Bonchev–Trinajstić information content (AvgIpc) is 3.27. The molecule has 39 heavy (non-hydrogen) atoms. The van der Waals surface area contributed by atoms with Crippen LogP contribution in [0.5, 0.6) is 0 Å². The Kier molecular flexibility index (Phi) is 10.1.